The smallest absolute Gasteiger partial charge is 0.275 e. The highest BCUT2D eigenvalue weighted by Gasteiger charge is 2.42. The topological polar surface area (TPSA) is 59.3 Å². The van der Waals surface area contributed by atoms with Crippen LogP contribution in [0, 0.1) is 5.41 Å². The summed E-state index contributed by atoms with van der Waals surface area (Å²) >= 11 is 1.42. The third-order valence-corrected chi connectivity index (χ3v) is 5.04. The molecule has 112 valence electrons. The van der Waals surface area contributed by atoms with Crippen molar-refractivity contribution in [1.29, 1.82) is 0 Å². The van der Waals surface area contributed by atoms with Crippen LogP contribution in [0.5, 0.6) is 0 Å². The van der Waals surface area contributed by atoms with E-state index < -0.39 is 0 Å². The van der Waals surface area contributed by atoms with Gasteiger partial charge in [-0.25, -0.2) is 4.98 Å². The second-order valence-corrected chi connectivity index (χ2v) is 6.86. The number of rotatable bonds is 5. The van der Waals surface area contributed by atoms with Crippen LogP contribution >= 0.6 is 11.3 Å². The van der Waals surface area contributed by atoms with E-state index in [2.05, 4.69) is 39.7 Å². The molecular weight excluding hydrogens is 296 g/mol. The molecule has 0 spiro atoms. The van der Waals surface area contributed by atoms with Gasteiger partial charge < -0.3 is 5.32 Å². The first-order valence-corrected chi connectivity index (χ1v) is 8.19. The van der Waals surface area contributed by atoms with Crippen LogP contribution in [0.2, 0.25) is 0 Å². The third kappa shape index (κ3) is 2.62. The number of nitrogens with zero attached hydrogens (tertiary/aromatic N) is 3. The second kappa shape index (κ2) is 5.21. The monoisotopic (exact) mass is 312 g/mol. The first-order valence-electron chi connectivity index (χ1n) is 7.37. The van der Waals surface area contributed by atoms with Crippen molar-refractivity contribution in [2.24, 2.45) is 5.41 Å². The Hall–Kier alpha value is -2.21. The van der Waals surface area contributed by atoms with Crippen LogP contribution in [0.15, 0.2) is 47.4 Å². The summed E-state index contributed by atoms with van der Waals surface area (Å²) in [5, 5.41) is 8.45. The van der Waals surface area contributed by atoms with Crippen LogP contribution in [0.3, 0.4) is 0 Å². The van der Waals surface area contributed by atoms with Crippen LogP contribution in [0.25, 0.3) is 4.96 Å². The van der Waals surface area contributed by atoms with Gasteiger partial charge in [0.25, 0.3) is 5.56 Å². The van der Waals surface area contributed by atoms with Gasteiger partial charge in [-0.15, -0.1) is 5.10 Å². The van der Waals surface area contributed by atoms with E-state index in [1.165, 1.54) is 46.5 Å². The van der Waals surface area contributed by atoms with E-state index >= 15 is 0 Å². The number of aromatic nitrogens is 3. The summed E-state index contributed by atoms with van der Waals surface area (Å²) in [6.45, 7) is 0.885. The molecule has 1 saturated carbocycles. The molecule has 2 aromatic heterocycles. The summed E-state index contributed by atoms with van der Waals surface area (Å²) in [7, 11) is 0. The van der Waals surface area contributed by atoms with Crippen molar-refractivity contribution in [2.45, 2.75) is 19.3 Å². The molecule has 1 aromatic carbocycles. The van der Waals surface area contributed by atoms with Gasteiger partial charge in [0, 0.05) is 18.8 Å². The van der Waals surface area contributed by atoms with E-state index in [0.717, 1.165) is 18.1 Å². The Kier molecular flexibility index (Phi) is 3.18. The maximum Gasteiger partial charge on any atom is 0.275 e. The molecule has 3 aromatic rings. The molecule has 2 heterocycles. The molecule has 0 atom stereocenters. The van der Waals surface area contributed by atoms with E-state index in [0.29, 0.717) is 10.4 Å². The van der Waals surface area contributed by atoms with Gasteiger partial charge in [0.1, 0.15) is 0 Å². The normalized spacial score (nSPS) is 15.8. The summed E-state index contributed by atoms with van der Waals surface area (Å²) in [6.07, 6.45) is 5.08. The number of hydrogen-bond donors (Lipinski definition) is 1. The molecule has 6 heteroatoms. The van der Waals surface area contributed by atoms with Gasteiger partial charge >= 0.3 is 0 Å². The van der Waals surface area contributed by atoms with Crippen molar-refractivity contribution in [3.63, 3.8) is 0 Å². The lowest BCUT2D eigenvalue weighted by Crippen LogP contribution is -2.18. The Balaban J connectivity index is 1.47. The molecular formula is C16H16N4OS. The maximum atomic E-state index is 11.7. The zero-order valence-electron chi connectivity index (χ0n) is 12.0. The number of anilines is 1. The van der Waals surface area contributed by atoms with Crippen molar-refractivity contribution >= 4 is 21.4 Å². The van der Waals surface area contributed by atoms with Crippen LogP contribution < -0.4 is 10.9 Å². The maximum absolute atomic E-state index is 11.7. The molecule has 1 N–H and O–H groups in total. The largest absolute Gasteiger partial charge is 0.360 e. The fourth-order valence-electron chi connectivity index (χ4n) is 2.70. The Bertz CT molecular complexity index is 851. The van der Waals surface area contributed by atoms with Gasteiger partial charge in [0.05, 0.1) is 0 Å². The quantitative estimate of drug-likeness (QED) is 0.786. The molecule has 0 amide bonds. The highest BCUT2D eigenvalue weighted by atomic mass is 32.1. The second-order valence-electron chi connectivity index (χ2n) is 5.90. The summed E-state index contributed by atoms with van der Waals surface area (Å²) < 4.78 is 1.35. The van der Waals surface area contributed by atoms with Crippen molar-refractivity contribution < 1.29 is 0 Å². The molecule has 0 unspecified atom stereocenters. The first kappa shape index (κ1) is 13.5. The summed E-state index contributed by atoms with van der Waals surface area (Å²) in [5.41, 5.74) is 1.57. The number of nitrogens with one attached hydrogen (secondary N) is 1. The van der Waals surface area contributed by atoms with Crippen molar-refractivity contribution in [3.05, 3.63) is 58.5 Å². The van der Waals surface area contributed by atoms with E-state index in [4.69, 9.17) is 0 Å². The zero-order chi connectivity index (χ0) is 15.0. The molecule has 4 rings (SSSR count). The molecule has 1 aliphatic carbocycles. The minimum absolute atomic E-state index is 0.139. The predicted molar refractivity (Wildman–Crippen MR) is 87.4 cm³/mol. The predicted octanol–water partition coefficient (Wildman–Crippen LogP) is 2.59. The molecule has 1 fully saturated rings. The fourth-order valence-corrected chi connectivity index (χ4v) is 3.47. The lowest BCUT2D eigenvalue weighted by Gasteiger charge is -2.15. The molecule has 5 nitrogen and oxygen atoms in total. The summed E-state index contributed by atoms with van der Waals surface area (Å²) in [5.74, 6) is 0. The van der Waals surface area contributed by atoms with Crippen molar-refractivity contribution in [1.82, 2.24) is 14.6 Å². The first-order chi connectivity index (χ1) is 10.7. The highest BCUT2D eigenvalue weighted by molar-refractivity contribution is 7.20. The lowest BCUT2D eigenvalue weighted by atomic mass is 9.96. The molecule has 0 saturated heterocycles. The zero-order valence-corrected chi connectivity index (χ0v) is 12.8. The molecule has 0 bridgehead atoms. The SMILES string of the molecule is O=c1ccnc2sc(NCC3(Cc4ccccc4)CC3)nn12. The Labute approximate surface area is 131 Å². The summed E-state index contributed by atoms with van der Waals surface area (Å²) in [6, 6.07) is 12.0. The van der Waals surface area contributed by atoms with E-state index in [1.54, 1.807) is 0 Å². The van der Waals surface area contributed by atoms with Crippen molar-refractivity contribution in [2.75, 3.05) is 11.9 Å². The van der Waals surface area contributed by atoms with Gasteiger partial charge in [0.15, 0.2) is 0 Å². The average Bonchev–Trinajstić information content (AvgIpc) is 3.15. The standard InChI is InChI=1S/C16H16N4OS/c21-13-6-9-17-15-20(13)19-14(22-15)18-11-16(7-8-16)10-12-4-2-1-3-5-12/h1-6,9H,7-8,10-11H2,(H,18,19). The number of hydrogen-bond acceptors (Lipinski definition) is 5. The average molecular weight is 312 g/mol. The van der Waals surface area contributed by atoms with Gasteiger partial charge in [-0.2, -0.15) is 4.52 Å². The van der Waals surface area contributed by atoms with Crippen LogP contribution in [-0.4, -0.2) is 21.1 Å². The van der Waals surface area contributed by atoms with Gasteiger partial charge in [-0.3, -0.25) is 4.79 Å². The molecule has 22 heavy (non-hydrogen) atoms. The Morgan fingerprint density at radius 3 is 2.77 bits per heavy atom. The van der Waals surface area contributed by atoms with E-state index in [1.807, 2.05) is 6.07 Å². The molecule has 0 aliphatic heterocycles. The van der Waals surface area contributed by atoms with E-state index in [9.17, 15) is 4.79 Å². The molecule has 1 aliphatic rings. The van der Waals surface area contributed by atoms with Gasteiger partial charge in [-0.05, 0) is 30.2 Å². The number of fused-ring (bicyclic) bond motifs is 1. The van der Waals surface area contributed by atoms with Crippen LogP contribution in [0.4, 0.5) is 5.13 Å². The fraction of sp³-hybridized carbons (Fsp3) is 0.312. The van der Waals surface area contributed by atoms with Crippen molar-refractivity contribution in [3.8, 4) is 0 Å². The van der Waals surface area contributed by atoms with Gasteiger partial charge in [0.2, 0.25) is 10.1 Å². The lowest BCUT2D eigenvalue weighted by molar-refractivity contribution is 0.538. The van der Waals surface area contributed by atoms with Gasteiger partial charge in [-0.1, -0.05) is 41.7 Å². The molecule has 0 radical (unpaired) electrons. The minimum Gasteiger partial charge on any atom is -0.360 e. The summed E-state index contributed by atoms with van der Waals surface area (Å²) in [4.78, 5) is 16.5. The highest BCUT2D eigenvalue weighted by Crippen LogP contribution is 2.48. The third-order valence-electron chi connectivity index (χ3n) is 4.16. The Morgan fingerprint density at radius 1 is 1.23 bits per heavy atom. The van der Waals surface area contributed by atoms with Crippen LogP contribution in [0.1, 0.15) is 18.4 Å². The minimum atomic E-state index is -0.139. The van der Waals surface area contributed by atoms with Crippen LogP contribution in [-0.2, 0) is 6.42 Å². The van der Waals surface area contributed by atoms with E-state index in [-0.39, 0.29) is 5.56 Å². The Morgan fingerprint density at radius 2 is 2.05 bits per heavy atom. The number of benzene rings is 1.